The predicted molar refractivity (Wildman–Crippen MR) is 79.9 cm³/mol. The molecule has 5 heteroatoms. The number of carboxylic acid groups (broad SMARTS) is 1. The number of fused-ring (bicyclic) bond motifs is 1. The quantitative estimate of drug-likeness (QED) is 0.889. The molecule has 1 aliphatic heterocycles. The van der Waals surface area contributed by atoms with Crippen LogP contribution in [0.2, 0.25) is 0 Å². The van der Waals surface area contributed by atoms with E-state index in [2.05, 4.69) is 5.32 Å². The van der Waals surface area contributed by atoms with E-state index in [1.165, 1.54) is 0 Å². The van der Waals surface area contributed by atoms with Gasteiger partial charge >= 0.3 is 12.0 Å². The lowest BCUT2D eigenvalue weighted by atomic mass is 10.1. The van der Waals surface area contributed by atoms with Crippen molar-refractivity contribution in [3.05, 3.63) is 59.7 Å². The topological polar surface area (TPSA) is 69.6 Å². The molecule has 1 aliphatic rings. The summed E-state index contributed by atoms with van der Waals surface area (Å²) in [5.74, 6) is -0.992. The minimum absolute atomic E-state index is 0.188. The van der Waals surface area contributed by atoms with Crippen LogP contribution in [0.1, 0.15) is 15.9 Å². The molecular formula is C16H14N2O3. The van der Waals surface area contributed by atoms with E-state index >= 15 is 0 Å². The molecule has 0 aliphatic carbocycles. The lowest BCUT2D eigenvalue weighted by molar-refractivity contribution is 0.0697. The van der Waals surface area contributed by atoms with Crippen molar-refractivity contribution in [2.24, 2.45) is 0 Å². The molecule has 5 nitrogen and oxygen atoms in total. The smallest absolute Gasteiger partial charge is 0.335 e. The van der Waals surface area contributed by atoms with Gasteiger partial charge in [0.2, 0.25) is 0 Å². The molecule has 0 spiro atoms. The van der Waals surface area contributed by atoms with Gasteiger partial charge in [0.05, 0.1) is 5.56 Å². The number of hydrogen-bond donors (Lipinski definition) is 2. The first-order chi connectivity index (χ1) is 10.1. The first-order valence-corrected chi connectivity index (χ1v) is 6.65. The molecule has 0 fully saturated rings. The van der Waals surface area contributed by atoms with Gasteiger partial charge < -0.3 is 10.4 Å². The molecule has 0 radical (unpaired) electrons. The maximum atomic E-state index is 12.3. The van der Waals surface area contributed by atoms with E-state index in [9.17, 15) is 9.59 Å². The van der Waals surface area contributed by atoms with Gasteiger partial charge in [-0.2, -0.15) is 0 Å². The van der Waals surface area contributed by atoms with Gasteiger partial charge in [0.25, 0.3) is 0 Å². The Kier molecular flexibility index (Phi) is 3.31. The largest absolute Gasteiger partial charge is 0.478 e. The minimum atomic E-state index is -0.992. The lowest BCUT2D eigenvalue weighted by Gasteiger charge is -2.18. The molecule has 2 N–H and O–H groups in total. The molecule has 2 aromatic rings. The second-order valence-electron chi connectivity index (χ2n) is 4.85. The Morgan fingerprint density at radius 1 is 1.10 bits per heavy atom. The molecule has 21 heavy (non-hydrogen) atoms. The highest BCUT2D eigenvalue weighted by molar-refractivity contribution is 6.04. The number of carbonyl (C=O) groups is 2. The fourth-order valence-electron chi connectivity index (χ4n) is 2.44. The third-order valence-corrected chi connectivity index (χ3v) is 3.50. The van der Waals surface area contributed by atoms with Crippen molar-refractivity contribution >= 4 is 23.4 Å². The van der Waals surface area contributed by atoms with Crippen molar-refractivity contribution < 1.29 is 14.7 Å². The van der Waals surface area contributed by atoms with E-state index in [4.69, 9.17) is 5.11 Å². The molecule has 106 valence electrons. The number of rotatable bonds is 2. The summed E-state index contributed by atoms with van der Waals surface area (Å²) in [5, 5.41) is 11.9. The SMILES string of the molecule is O=C(O)c1ccc2c(c1)N(C(=O)Nc1ccccc1)CC2. The monoisotopic (exact) mass is 282 g/mol. The van der Waals surface area contributed by atoms with E-state index in [1.54, 1.807) is 23.1 Å². The number of anilines is 2. The van der Waals surface area contributed by atoms with Crippen LogP contribution in [0.25, 0.3) is 0 Å². The highest BCUT2D eigenvalue weighted by atomic mass is 16.4. The van der Waals surface area contributed by atoms with E-state index < -0.39 is 5.97 Å². The maximum absolute atomic E-state index is 12.3. The highest BCUT2D eigenvalue weighted by Crippen LogP contribution is 2.29. The van der Waals surface area contributed by atoms with Crippen molar-refractivity contribution in [2.75, 3.05) is 16.8 Å². The summed E-state index contributed by atoms with van der Waals surface area (Å²) < 4.78 is 0. The number of benzene rings is 2. The maximum Gasteiger partial charge on any atom is 0.335 e. The van der Waals surface area contributed by atoms with Crippen molar-refractivity contribution in [3.8, 4) is 0 Å². The molecule has 2 amide bonds. The molecule has 2 aromatic carbocycles. The highest BCUT2D eigenvalue weighted by Gasteiger charge is 2.25. The number of aromatic carboxylic acids is 1. The lowest BCUT2D eigenvalue weighted by Crippen LogP contribution is -2.33. The van der Waals surface area contributed by atoms with Crippen LogP contribution in [-0.2, 0) is 6.42 Å². The van der Waals surface area contributed by atoms with Crippen molar-refractivity contribution in [2.45, 2.75) is 6.42 Å². The summed E-state index contributed by atoms with van der Waals surface area (Å²) in [7, 11) is 0. The number of urea groups is 1. The van der Waals surface area contributed by atoms with Gasteiger partial charge in [-0.25, -0.2) is 9.59 Å². The normalized spacial score (nSPS) is 12.9. The van der Waals surface area contributed by atoms with Crippen molar-refractivity contribution in [3.63, 3.8) is 0 Å². The summed E-state index contributed by atoms with van der Waals surface area (Å²) in [6.45, 7) is 0.553. The van der Waals surface area contributed by atoms with E-state index in [-0.39, 0.29) is 11.6 Å². The van der Waals surface area contributed by atoms with E-state index in [0.29, 0.717) is 17.9 Å². The summed E-state index contributed by atoms with van der Waals surface area (Å²) in [6.07, 6.45) is 0.734. The molecule has 1 heterocycles. The Hall–Kier alpha value is -2.82. The number of amides is 2. The second-order valence-corrected chi connectivity index (χ2v) is 4.85. The second kappa shape index (κ2) is 5.28. The molecule has 3 rings (SSSR count). The van der Waals surface area contributed by atoms with Crippen LogP contribution in [-0.4, -0.2) is 23.7 Å². The van der Waals surface area contributed by atoms with Gasteiger partial charge in [0, 0.05) is 17.9 Å². The number of carboxylic acids is 1. The Balaban J connectivity index is 1.84. The summed E-state index contributed by atoms with van der Waals surface area (Å²) in [4.78, 5) is 25.0. The fourth-order valence-corrected chi connectivity index (χ4v) is 2.44. The fraction of sp³-hybridized carbons (Fsp3) is 0.125. The van der Waals surface area contributed by atoms with Gasteiger partial charge in [-0.1, -0.05) is 24.3 Å². The Labute approximate surface area is 121 Å². The third-order valence-electron chi connectivity index (χ3n) is 3.50. The van der Waals surface area contributed by atoms with Crippen molar-refractivity contribution in [1.82, 2.24) is 0 Å². The summed E-state index contributed by atoms with van der Waals surface area (Å²) >= 11 is 0. The number of para-hydroxylation sites is 1. The first kappa shape index (κ1) is 13.2. The predicted octanol–water partition coefficient (Wildman–Crippen LogP) is 2.98. The zero-order chi connectivity index (χ0) is 14.8. The van der Waals surface area contributed by atoms with Crippen LogP contribution in [0.4, 0.5) is 16.2 Å². The Morgan fingerprint density at radius 2 is 1.86 bits per heavy atom. The van der Waals surface area contributed by atoms with Crippen LogP contribution in [0.5, 0.6) is 0 Å². The average molecular weight is 282 g/mol. The molecule has 0 unspecified atom stereocenters. The van der Waals surface area contributed by atoms with Crippen LogP contribution < -0.4 is 10.2 Å². The molecule has 0 saturated heterocycles. The number of hydrogen-bond acceptors (Lipinski definition) is 2. The zero-order valence-electron chi connectivity index (χ0n) is 11.2. The summed E-state index contributed by atoms with van der Waals surface area (Å²) in [5.41, 5.74) is 2.56. The van der Waals surface area contributed by atoms with Gasteiger partial charge in [-0.15, -0.1) is 0 Å². The summed E-state index contributed by atoms with van der Waals surface area (Å²) in [6, 6.07) is 13.8. The molecule has 0 atom stereocenters. The number of nitrogens with one attached hydrogen (secondary N) is 1. The Morgan fingerprint density at radius 3 is 2.57 bits per heavy atom. The van der Waals surface area contributed by atoms with Crippen LogP contribution in [0, 0.1) is 0 Å². The van der Waals surface area contributed by atoms with E-state index in [0.717, 1.165) is 12.0 Å². The van der Waals surface area contributed by atoms with Crippen molar-refractivity contribution in [1.29, 1.82) is 0 Å². The standard InChI is InChI=1S/C16H14N2O3/c19-15(20)12-7-6-11-8-9-18(14(11)10-12)16(21)17-13-4-2-1-3-5-13/h1-7,10H,8-9H2,(H,17,21)(H,19,20). The first-order valence-electron chi connectivity index (χ1n) is 6.65. The van der Waals surface area contributed by atoms with Gasteiger partial charge in [0.1, 0.15) is 0 Å². The van der Waals surface area contributed by atoms with Gasteiger partial charge in [-0.3, -0.25) is 4.90 Å². The van der Waals surface area contributed by atoms with Gasteiger partial charge in [0.15, 0.2) is 0 Å². The number of carbonyl (C=O) groups excluding carboxylic acids is 1. The van der Waals surface area contributed by atoms with Crippen LogP contribution in [0.15, 0.2) is 48.5 Å². The third kappa shape index (κ3) is 2.58. The molecular weight excluding hydrogens is 268 g/mol. The van der Waals surface area contributed by atoms with Crippen LogP contribution in [0.3, 0.4) is 0 Å². The minimum Gasteiger partial charge on any atom is -0.478 e. The molecule has 0 aromatic heterocycles. The van der Waals surface area contributed by atoms with Crippen LogP contribution >= 0.6 is 0 Å². The van der Waals surface area contributed by atoms with E-state index in [1.807, 2.05) is 30.3 Å². The zero-order valence-corrected chi connectivity index (χ0v) is 11.2. The van der Waals surface area contributed by atoms with Gasteiger partial charge in [-0.05, 0) is 36.2 Å². The molecule has 0 saturated carbocycles. The average Bonchev–Trinajstić information content (AvgIpc) is 2.91. The Bertz CT molecular complexity index is 698. The molecule has 0 bridgehead atoms. The number of nitrogens with zero attached hydrogens (tertiary/aromatic N) is 1.